The van der Waals surface area contributed by atoms with Gasteiger partial charge >= 0.3 is 5.97 Å². The van der Waals surface area contributed by atoms with Crippen molar-refractivity contribution >= 4 is 5.97 Å². The van der Waals surface area contributed by atoms with Crippen LogP contribution < -0.4 is 5.32 Å². The topological polar surface area (TPSA) is 38.3 Å². The van der Waals surface area contributed by atoms with Crippen molar-refractivity contribution in [3.63, 3.8) is 0 Å². The first-order valence-electron chi connectivity index (χ1n) is 6.66. The Morgan fingerprint density at radius 1 is 1.19 bits per heavy atom. The highest BCUT2D eigenvalue weighted by Crippen LogP contribution is 2.24. The number of carbonyl (C=O) groups is 1. The first-order chi connectivity index (χ1) is 7.84. The minimum atomic E-state index is 0.0494. The van der Waals surface area contributed by atoms with Crippen LogP contribution in [-0.4, -0.2) is 26.2 Å². The monoisotopic (exact) mass is 227 g/mol. The van der Waals surface area contributed by atoms with Crippen molar-refractivity contribution in [3.05, 3.63) is 0 Å². The average Bonchev–Trinajstić information content (AvgIpc) is 2.34. The van der Waals surface area contributed by atoms with Crippen LogP contribution >= 0.6 is 0 Å². The lowest BCUT2D eigenvalue weighted by atomic mass is 9.89. The lowest BCUT2D eigenvalue weighted by Crippen LogP contribution is -2.20. The third-order valence-electron chi connectivity index (χ3n) is 3.25. The Bertz CT molecular complexity index is 188. The molecule has 0 bridgehead atoms. The minimum Gasteiger partial charge on any atom is -0.465 e. The summed E-state index contributed by atoms with van der Waals surface area (Å²) in [6.45, 7) is 1.66. The van der Waals surface area contributed by atoms with Crippen molar-refractivity contribution < 1.29 is 9.53 Å². The number of carbonyl (C=O) groups excluding carboxylic acids is 1. The Hall–Kier alpha value is -0.570. The SMILES string of the molecule is CNCCCCCOC(=O)C1CCCCC1. The predicted octanol–water partition coefficient (Wildman–Crippen LogP) is 2.50. The van der Waals surface area contributed by atoms with E-state index in [-0.39, 0.29) is 11.9 Å². The molecule has 1 rings (SSSR count). The van der Waals surface area contributed by atoms with Crippen molar-refractivity contribution in [1.82, 2.24) is 5.32 Å². The molecule has 0 saturated heterocycles. The Morgan fingerprint density at radius 2 is 1.94 bits per heavy atom. The van der Waals surface area contributed by atoms with Crippen LogP contribution in [0.3, 0.4) is 0 Å². The highest BCUT2D eigenvalue weighted by atomic mass is 16.5. The summed E-state index contributed by atoms with van der Waals surface area (Å²) < 4.78 is 5.30. The lowest BCUT2D eigenvalue weighted by molar-refractivity contribution is -0.149. The van der Waals surface area contributed by atoms with E-state index in [1.54, 1.807) is 0 Å². The van der Waals surface area contributed by atoms with E-state index in [9.17, 15) is 4.79 Å². The molecule has 0 aromatic rings. The van der Waals surface area contributed by atoms with E-state index in [2.05, 4.69) is 5.32 Å². The Labute approximate surface area is 98.9 Å². The predicted molar refractivity (Wildman–Crippen MR) is 65.3 cm³/mol. The molecule has 1 aliphatic carbocycles. The number of ether oxygens (including phenoxy) is 1. The zero-order valence-corrected chi connectivity index (χ0v) is 10.5. The Balaban J connectivity index is 1.97. The molecule has 0 aromatic carbocycles. The van der Waals surface area contributed by atoms with Crippen LogP contribution in [0.1, 0.15) is 51.4 Å². The normalized spacial score (nSPS) is 17.3. The molecule has 0 radical (unpaired) electrons. The zero-order valence-electron chi connectivity index (χ0n) is 10.5. The first-order valence-corrected chi connectivity index (χ1v) is 6.66. The fourth-order valence-corrected chi connectivity index (χ4v) is 2.21. The summed E-state index contributed by atoms with van der Waals surface area (Å²) in [7, 11) is 1.96. The molecule has 3 nitrogen and oxygen atoms in total. The average molecular weight is 227 g/mol. The highest BCUT2D eigenvalue weighted by molar-refractivity contribution is 5.72. The number of unbranched alkanes of at least 4 members (excludes halogenated alkanes) is 2. The Morgan fingerprint density at radius 3 is 2.62 bits per heavy atom. The molecular formula is C13H25NO2. The minimum absolute atomic E-state index is 0.0494. The standard InChI is InChI=1S/C13H25NO2/c1-14-10-6-3-7-11-16-13(15)12-8-4-2-5-9-12/h12,14H,2-11H2,1H3. The lowest BCUT2D eigenvalue weighted by Gasteiger charge is -2.19. The number of hydrogen-bond donors (Lipinski definition) is 1. The molecule has 0 atom stereocenters. The summed E-state index contributed by atoms with van der Waals surface area (Å²) in [6, 6.07) is 0. The van der Waals surface area contributed by atoms with Gasteiger partial charge in [0.25, 0.3) is 0 Å². The van der Waals surface area contributed by atoms with Crippen LogP contribution in [0.4, 0.5) is 0 Å². The van der Waals surface area contributed by atoms with Gasteiger partial charge in [-0.2, -0.15) is 0 Å². The van der Waals surface area contributed by atoms with Gasteiger partial charge in [0, 0.05) is 0 Å². The molecule has 0 aliphatic heterocycles. The van der Waals surface area contributed by atoms with E-state index in [0.717, 1.165) is 38.6 Å². The van der Waals surface area contributed by atoms with E-state index >= 15 is 0 Å². The maximum Gasteiger partial charge on any atom is 0.308 e. The van der Waals surface area contributed by atoms with Gasteiger partial charge in [0.2, 0.25) is 0 Å². The molecule has 1 fully saturated rings. The summed E-state index contributed by atoms with van der Waals surface area (Å²) in [5, 5.41) is 3.11. The van der Waals surface area contributed by atoms with Crippen molar-refractivity contribution in [2.75, 3.05) is 20.2 Å². The van der Waals surface area contributed by atoms with Gasteiger partial charge < -0.3 is 10.1 Å². The number of esters is 1. The largest absolute Gasteiger partial charge is 0.465 e. The molecule has 0 amide bonds. The van der Waals surface area contributed by atoms with Crippen LogP contribution in [0.5, 0.6) is 0 Å². The van der Waals surface area contributed by atoms with E-state index < -0.39 is 0 Å². The van der Waals surface area contributed by atoms with E-state index in [0.29, 0.717) is 6.61 Å². The van der Waals surface area contributed by atoms with E-state index in [1.807, 2.05) is 7.05 Å². The van der Waals surface area contributed by atoms with Crippen LogP contribution in [0.25, 0.3) is 0 Å². The Kier molecular flexibility index (Phi) is 7.23. The molecular weight excluding hydrogens is 202 g/mol. The molecule has 1 N–H and O–H groups in total. The third-order valence-corrected chi connectivity index (χ3v) is 3.25. The van der Waals surface area contributed by atoms with Crippen molar-refractivity contribution in [2.24, 2.45) is 5.92 Å². The smallest absolute Gasteiger partial charge is 0.308 e. The molecule has 3 heteroatoms. The molecule has 0 heterocycles. The number of nitrogens with one attached hydrogen (secondary N) is 1. The maximum atomic E-state index is 11.7. The molecule has 1 aliphatic rings. The van der Waals surface area contributed by atoms with Crippen molar-refractivity contribution in [2.45, 2.75) is 51.4 Å². The van der Waals surface area contributed by atoms with Crippen LogP contribution in [-0.2, 0) is 9.53 Å². The highest BCUT2D eigenvalue weighted by Gasteiger charge is 2.21. The molecule has 1 saturated carbocycles. The quantitative estimate of drug-likeness (QED) is 0.536. The third kappa shape index (κ3) is 5.50. The van der Waals surface area contributed by atoms with Crippen molar-refractivity contribution in [1.29, 1.82) is 0 Å². The molecule has 16 heavy (non-hydrogen) atoms. The maximum absolute atomic E-state index is 11.7. The van der Waals surface area contributed by atoms with Gasteiger partial charge in [-0.1, -0.05) is 19.3 Å². The zero-order chi connectivity index (χ0) is 11.6. The molecule has 94 valence electrons. The summed E-state index contributed by atoms with van der Waals surface area (Å²) in [5.41, 5.74) is 0. The van der Waals surface area contributed by atoms with Gasteiger partial charge in [-0.3, -0.25) is 4.79 Å². The van der Waals surface area contributed by atoms with Crippen LogP contribution in [0.15, 0.2) is 0 Å². The van der Waals surface area contributed by atoms with Gasteiger partial charge in [0.1, 0.15) is 0 Å². The summed E-state index contributed by atoms with van der Waals surface area (Å²) in [4.78, 5) is 11.7. The molecule has 0 unspecified atom stereocenters. The summed E-state index contributed by atoms with van der Waals surface area (Å²) >= 11 is 0. The fraction of sp³-hybridized carbons (Fsp3) is 0.923. The molecule has 0 spiro atoms. The van der Waals surface area contributed by atoms with Gasteiger partial charge in [-0.05, 0) is 45.7 Å². The second-order valence-corrected chi connectivity index (χ2v) is 4.67. The second-order valence-electron chi connectivity index (χ2n) is 4.67. The van der Waals surface area contributed by atoms with E-state index in [1.165, 1.54) is 19.3 Å². The number of rotatable bonds is 7. The van der Waals surface area contributed by atoms with Crippen LogP contribution in [0, 0.1) is 5.92 Å². The van der Waals surface area contributed by atoms with Crippen molar-refractivity contribution in [3.8, 4) is 0 Å². The van der Waals surface area contributed by atoms with Gasteiger partial charge in [-0.25, -0.2) is 0 Å². The first kappa shape index (κ1) is 13.5. The summed E-state index contributed by atoms with van der Waals surface area (Å²) in [5.74, 6) is 0.249. The summed E-state index contributed by atoms with van der Waals surface area (Å²) in [6.07, 6.45) is 9.06. The van der Waals surface area contributed by atoms with Crippen LogP contribution in [0.2, 0.25) is 0 Å². The van der Waals surface area contributed by atoms with Gasteiger partial charge in [-0.15, -0.1) is 0 Å². The van der Waals surface area contributed by atoms with E-state index in [4.69, 9.17) is 4.74 Å². The molecule has 0 aromatic heterocycles. The van der Waals surface area contributed by atoms with Gasteiger partial charge in [0.15, 0.2) is 0 Å². The fourth-order valence-electron chi connectivity index (χ4n) is 2.21. The van der Waals surface area contributed by atoms with Gasteiger partial charge in [0.05, 0.1) is 12.5 Å². The number of hydrogen-bond acceptors (Lipinski definition) is 3. The second kappa shape index (κ2) is 8.57.